The number of halogens is 4. The minimum absolute atomic E-state index is 0.0799. The van der Waals surface area contributed by atoms with Crippen LogP contribution in [0.15, 0.2) is 65.4 Å². The Labute approximate surface area is 186 Å². The van der Waals surface area contributed by atoms with Gasteiger partial charge in [0.15, 0.2) is 0 Å². The van der Waals surface area contributed by atoms with Crippen LogP contribution >= 0.6 is 46.4 Å². The van der Waals surface area contributed by atoms with Gasteiger partial charge < -0.3 is 5.32 Å². The molecule has 0 aromatic heterocycles. The molecule has 29 heavy (non-hydrogen) atoms. The Balaban J connectivity index is 1.92. The summed E-state index contributed by atoms with van der Waals surface area (Å²) in [4.78, 5) is 23.6. The number of nitrogens with one attached hydrogen (secondary N) is 1. The lowest BCUT2D eigenvalue weighted by Crippen LogP contribution is -2.20. The maximum Gasteiger partial charge on any atom is 0.278 e. The van der Waals surface area contributed by atoms with Crippen LogP contribution in [0.4, 0.5) is 5.69 Å². The van der Waals surface area contributed by atoms with Crippen LogP contribution in [-0.4, -0.2) is 10.8 Å². The van der Waals surface area contributed by atoms with Gasteiger partial charge in [0.25, 0.3) is 11.6 Å². The number of rotatable bonds is 4. The van der Waals surface area contributed by atoms with Gasteiger partial charge in [-0.25, -0.2) is 0 Å². The van der Waals surface area contributed by atoms with E-state index < -0.39 is 10.8 Å². The molecule has 1 N–H and O–H groups in total. The largest absolute Gasteiger partial charge is 0.322 e. The van der Waals surface area contributed by atoms with Crippen LogP contribution in [-0.2, 0) is 4.79 Å². The molecule has 5 nitrogen and oxygen atoms in total. The van der Waals surface area contributed by atoms with Crippen molar-refractivity contribution in [2.24, 2.45) is 0 Å². The maximum atomic E-state index is 12.7. The van der Waals surface area contributed by atoms with Crippen LogP contribution in [0.2, 0.25) is 20.1 Å². The molecular formula is C20H12Cl4N2O3. The van der Waals surface area contributed by atoms with E-state index in [-0.39, 0.29) is 32.0 Å². The molecule has 1 amide bonds. The van der Waals surface area contributed by atoms with Crippen molar-refractivity contribution in [1.29, 1.82) is 0 Å². The Kier molecular flexibility index (Phi) is 6.65. The molecule has 0 saturated heterocycles. The fourth-order valence-corrected chi connectivity index (χ4v) is 3.42. The molecule has 0 aliphatic heterocycles. The molecule has 0 saturated carbocycles. The minimum atomic E-state index is -0.663. The normalized spacial score (nSPS) is 15.0. The Hall–Kier alpha value is -2.31. The fourth-order valence-electron chi connectivity index (χ4n) is 2.70. The van der Waals surface area contributed by atoms with E-state index in [4.69, 9.17) is 46.4 Å². The van der Waals surface area contributed by atoms with Crippen LogP contribution in [0.5, 0.6) is 0 Å². The smallest absolute Gasteiger partial charge is 0.278 e. The van der Waals surface area contributed by atoms with Crippen molar-refractivity contribution in [2.75, 3.05) is 5.32 Å². The summed E-state index contributed by atoms with van der Waals surface area (Å²) in [5.41, 5.74) is 1.50. The lowest BCUT2D eigenvalue weighted by atomic mass is 9.96. The first-order chi connectivity index (χ1) is 13.7. The molecule has 148 valence electrons. The number of hydrogen-bond donors (Lipinski definition) is 1. The molecule has 1 aliphatic carbocycles. The van der Waals surface area contributed by atoms with Crippen LogP contribution in [0.3, 0.4) is 0 Å². The molecule has 0 bridgehead atoms. The van der Waals surface area contributed by atoms with Gasteiger partial charge in [-0.2, -0.15) is 0 Å². The number of amides is 1. The molecule has 0 heterocycles. The topological polar surface area (TPSA) is 72.2 Å². The van der Waals surface area contributed by atoms with Gasteiger partial charge in [0.1, 0.15) is 5.57 Å². The zero-order valence-electron chi connectivity index (χ0n) is 14.6. The molecule has 0 atom stereocenters. The van der Waals surface area contributed by atoms with E-state index >= 15 is 0 Å². The number of nitro groups is 1. The van der Waals surface area contributed by atoms with E-state index in [1.807, 2.05) is 18.2 Å². The second-order valence-corrected chi connectivity index (χ2v) is 7.72. The molecule has 3 rings (SSSR count). The molecule has 2 aromatic rings. The van der Waals surface area contributed by atoms with Crippen molar-refractivity contribution in [3.63, 3.8) is 0 Å². The summed E-state index contributed by atoms with van der Waals surface area (Å²) in [6.45, 7) is 0. The number of allylic oxidation sites excluding steroid dienone is 3. The SMILES string of the molecule is O=C(Nc1cc(Cl)c(Cl)c(Cl)c1)C1=CC(=Cc2ccc(Cl)cc2)CC=C1[N+](=O)[O-]. The van der Waals surface area contributed by atoms with Crippen molar-refractivity contribution in [1.82, 2.24) is 0 Å². The van der Waals surface area contributed by atoms with Crippen LogP contribution in [0.25, 0.3) is 6.08 Å². The second kappa shape index (κ2) is 9.01. The Morgan fingerprint density at radius 2 is 1.69 bits per heavy atom. The van der Waals surface area contributed by atoms with Gasteiger partial charge in [-0.05, 0) is 54.0 Å². The van der Waals surface area contributed by atoms with Crippen LogP contribution in [0, 0.1) is 10.1 Å². The zero-order chi connectivity index (χ0) is 21.1. The van der Waals surface area contributed by atoms with E-state index in [9.17, 15) is 14.9 Å². The summed E-state index contributed by atoms with van der Waals surface area (Å²) in [7, 11) is 0. The van der Waals surface area contributed by atoms with Crippen molar-refractivity contribution < 1.29 is 9.72 Å². The Morgan fingerprint density at radius 1 is 1.07 bits per heavy atom. The maximum absolute atomic E-state index is 12.7. The first-order valence-electron chi connectivity index (χ1n) is 8.23. The first kappa shape index (κ1) is 21.4. The third-order valence-electron chi connectivity index (χ3n) is 4.04. The molecule has 1 aliphatic rings. The number of carbonyl (C=O) groups excluding carboxylic acids is 1. The summed E-state index contributed by atoms with van der Waals surface area (Å²) in [6, 6.07) is 9.93. The van der Waals surface area contributed by atoms with E-state index in [0.29, 0.717) is 11.4 Å². The average molecular weight is 470 g/mol. The lowest BCUT2D eigenvalue weighted by molar-refractivity contribution is -0.420. The molecule has 0 unspecified atom stereocenters. The number of anilines is 1. The van der Waals surface area contributed by atoms with Crippen molar-refractivity contribution in [2.45, 2.75) is 6.42 Å². The molecule has 2 aromatic carbocycles. The monoisotopic (exact) mass is 468 g/mol. The Morgan fingerprint density at radius 3 is 2.28 bits per heavy atom. The second-order valence-electron chi connectivity index (χ2n) is 6.09. The zero-order valence-corrected chi connectivity index (χ0v) is 17.6. The molecule has 0 spiro atoms. The van der Waals surface area contributed by atoms with Gasteiger partial charge in [-0.15, -0.1) is 0 Å². The van der Waals surface area contributed by atoms with Gasteiger partial charge in [0.2, 0.25) is 0 Å². The molecule has 9 heteroatoms. The number of nitrogens with zero attached hydrogens (tertiary/aromatic N) is 1. The summed E-state index contributed by atoms with van der Waals surface area (Å²) >= 11 is 23.7. The van der Waals surface area contributed by atoms with E-state index in [0.717, 1.165) is 11.1 Å². The van der Waals surface area contributed by atoms with Gasteiger partial charge >= 0.3 is 0 Å². The fraction of sp³-hybridized carbons (Fsp3) is 0.0500. The highest BCUT2D eigenvalue weighted by Gasteiger charge is 2.27. The standard InChI is InChI=1S/C20H12Cl4N2O3/c21-13-4-1-11(2-5-13)7-12-3-6-18(26(28)29)15(8-12)20(27)25-14-9-16(22)19(24)17(23)10-14/h1-2,4-10H,3H2,(H,25,27). The highest BCUT2D eigenvalue weighted by atomic mass is 35.5. The molecule has 0 radical (unpaired) electrons. The summed E-state index contributed by atoms with van der Waals surface area (Å²) < 4.78 is 0. The average Bonchev–Trinajstić information content (AvgIpc) is 2.67. The summed E-state index contributed by atoms with van der Waals surface area (Å²) in [6.07, 6.45) is 5.03. The number of carbonyl (C=O) groups is 1. The van der Waals surface area contributed by atoms with Gasteiger partial charge in [0.05, 0.1) is 20.0 Å². The van der Waals surface area contributed by atoms with Gasteiger partial charge in [-0.1, -0.05) is 64.6 Å². The third kappa shape index (κ3) is 5.19. The molecular weight excluding hydrogens is 458 g/mol. The van der Waals surface area contributed by atoms with E-state index in [1.54, 1.807) is 12.1 Å². The van der Waals surface area contributed by atoms with Gasteiger partial charge in [-0.3, -0.25) is 14.9 Å². The Bertz CT molecular complexity index is 1070. The van der Waals surface area contributed by atoms with Crippen LogP contribution in [0.1, 0.15) is 12.0 Å². The van der Waals surface area contributed by atoms with Crippen molar-refractivity contribution in [3.8, 4) is 0 Å². The lowest BCUT2D eigenvalue weighted by Gasteiger charge is -2.13. The number of hydrogen-bond acceptors (Lipinski definition) is 3. The first-order valence-corrected chi connectivity index (χ1v) is 9.74. The quantitative estimate of drug-likeness (QED) is 0.303. The molecule has 0 fully saturated rings. The predicted molar refractivity (Wildman–Crippen MR) is 117 cm³/mol. The third-order valence-corrected chi connectivity index (χ3v) is 5.49. The van der Waals surface area contributed by atoms with Crippen molar-refractivity contribution in [3.05, 3.63) is 101 Å². The predicted octanol–water partition coefficient (Wildman–Crippen LogP) is 6.81. The summed E-state index contributed by atoms with van der Waals surface area (Å²) in [5.74, 6) is -0.663. The van der Waals surface area contributed by atoms with E-state index in [1.165, 1.54) is 24.3 Å². The van der Waals surface area contributed by atoms with E-state index in [2.05, 4.69) is 5.32 Å². The van der Waals surface area contributed by atoms with Gasteiger partial charge in [0, 0.05) is 10.7 Å². The van der Waals surface area contributed by atoms with Crippen molar-refractivity contribution >= 4 is 64.1 Å². The number of benzene rings is 2. The summed E-state index contributed by atoms with van der Waals surface area (Å²) in [5, 5.41) is 15.0. The highest BCUT2D eigenvalue weighted by molar-refractivity contribution is 6.48. The van der Waals surface area contributed by atoms with Crippen LogP contribution < -0.4 is 5.32 Å². The minimum Gasteiger partial charge on any atom is -0.322 e. The highest BCUT2D eigenvalue weighted by Crippen LogP contribution is 2.34.